The number of hydrogen-bond acceptors (Lipinski definition) is 4. The van der Waals surface area contributed by atoms with Gasteiger partial charge >= 0.3 is 0 Å². The molecule has 0 bridgehead atoms. The van der Waals surface area contributed by atoms with Gasteiger partial charge < -0.3 is 4.90 Å². The van der Waals surface area contributed by atoms with Crippen molar-refractivity contribution in [2.45, 2.75) is 19.9 Å². The third-order valence-electron chi connectivity index (χ3n) is 3.56. The Labute approximate surface area is 100 Å². The van der Waals surface area contributed by atoms with E-state index in [1.165, 1.54) is 19.5 Å². The molecule has 2 aromatic rings. The number of pyridine rings is 1. The molecule has 1 aliphatic heterocycles. The summed E-state index contributed by atoms with van der Waals surface area (Å²) in [6, 6.07) is 1.99. The summed E-state index contributed by atoms with van der Waals surface area (Å²) in [5.74, 6) is 0.702. The molecule has 0 aromatic carbocycles. The average molecular weight is 231 g/mol. The van der Waals surface area contributed by atoms with Gasteiger partial charge in [0.25, 0.3) is 0 Å². The van der Waals surface area contributed by atoms with E-state index < -0.39 is 0 Å². The van der Waals surface area contributed by atoms with Crippen molar-refractivity contribution in [1.82, 2.24) is 24.9 Å². The molecule has 1 saturated heterocycles. The fraction of sp³-hybridized carbons (Fsp3) is 0.583. The number of aromatic nitrogens is 4. The lowest BCUT2D eigenvalue weighted by Gasteiger charge is -2.13. The fourth-order valence-corrected chi connectivity index (χ4v) is 2.55. The van der Waals surface area contributed by atoms with Crippen molar-refractivity contribution in [3.05, 3.63) is 18.5 Å². The largest absolute Gasteiger partial charge is 0.303 e. The van der Waals surface area contributed by atoms with Crippen LogP contribution >= 0.6 is 0 Å². The van der Waals surface area contributed by atoms with E-state index in [1.54, 1.807) is 12.4 Å². The second-order valence-corrected chi connectivity index (χ2v) is 4.68. The Morgan fingerprint density at radius 2 is 2.41 bits per heavy atom. The highest BCUT2D eigenvalue weighted by molar-refractivity contribution is 5.72. The first-order valence-corrected chi connectivity index (χ1v) is 6.22. The van der Waals surface area contributed by atoms with Crippen molar-refractivity contribution in [1.29, 1.82) is 0 Å². The normalized spacial score (nSPS) is 21.4. The maximum Gasteiger partial charge on any atom is 0.131 e. The number of hydrogen-bond donors (Lipinski definition) is 0. The summed E-state index contributed by atoms with van der Waals surface area (Å²) >= 11 is 0. The monoisotopic (exact) mass is 231 g/mol. The lowest BCUT2D eigenvalue weighted by molar-refractivity contribution is 0.329. The molecule has 0 amide bonds. The van der Waals surface area contributed by atoms with Crippen molar-refractivity contribution < 1.29 is 0 Å². The molecule has 3 heterocycles. The number of likely N-dealkylation sites (tertiary alicyclic amines) is 1. The van der Waals surface area contributed by atoms with Gasteiger partial charge in [0, 0.05) is 19.3 Å². The lowest BCUT2D eigenvalue weighted by atomic mass is 10.1. The average Bonchev–Trinajstić information content (AvgIpc) is 2.97. The van der Waals surface area contributed by atoms with Crippen molar-refractivity contribution in [2.75, 3.05) is 19.6 Å². The summed E-state index contributed by atoms with van der Waals surface area (Å²) in [4.78, 5) is 6.55. The van der Waals surface area contributed by atoms with Crippen LogP contribution in [0.15, 0.2) is 18.5 Å². The summed E-state index contributed by atoms with van der Waals surface area (Å²) in [6.45, 7) is 6.74. The molecule has 5 heteroatoms. The van der Waals surface area contributed by atoms with E-state index in [-0.39, 0.29) is 0 Å². The fourth-order valence-electron chi connectivity index (χ4n) is 2.55. The zero-order valence-corrected chi connectivity index (χ0v) is 10.1. The predicted octanol–water partition coefficient (Wildman–Crippen LogP) is 1.17. The molecule has 0 N–H and O–H groups in total. The predicted molar refractivity (Wildman–Crippen MR) is 65.5 cm³/mol. The molecule has 1 atom stereocenters. The van der Waals surface area contributed by atoms with E-state index in [4.69, 9.17) is 0 Å². The number of nitrogens with zero attached hydrogens (tertiary/aromatic N) is 5. The minimum Gasteiger partial charge on any atom is -0.303 e. The molecule has 0 radical (unpaired) electrons. The molecule has 0 spiro atoms. The van der Waals surface area contributed by atoms with E-state index >= 15 is 0 Å². The maximum atomic E-state index is 4.22. The first-order chi connectivity index (χ1) is 8.36. The molecule has 90 valence electrons. The SMILES string of the molecule is CCN1CCC(Cn2nnc3cnccc32)C1. The Morgan fingerprint density at radius 3 is 3.24 bits per heavy atom. The number of rotatable bonds is 3. The van der Waals surface area contributed by atoms with Gasteiger partial charge in [0.1, 0.15) is 5.52 Å². The minimum atomic E-state index is 0.702. The summed E-state index contributed by atoms with van der Waals surface area (Å²) in [5, 5.41) is 8.35. The van der Waals surface area contributed by atoms with E-state index in [0.29, 0.717) is 5.92 Å². The van der Waals surface area contributed by atoms with Gasteiger partial charge in [-0.1, -0.05) is 12.1 Å². The van der Waals surface area contributed by atoms with Crippen molar-refractivity contribution in [3.8, 4) is 0 Å². The first kappa shape index (κ1) is 10.7. The van der Waals surface area contributed by atoms with Gasteiger partial charge in [-0.2, -0.15) is 0 Å². The molecule has 2 aromatic heterocycles. The van der Waals surface area contributed by atoms with Gasteiger partial charge in [0.15, 0.2) is 0 Å². The van der Waals surface area contributed by atoms with Crippen LogP contribution in [0, 0.1) is 5.92 Å². The highest BCUT2D eigenvalue weighted by atomic mass is 15.4. The Balaban J connectivity index is 1.77. The molecule has 17 heavy (non-hydrogen) atoms. The van der Waals surface area contributed by atoms with Gasteiger partial charge in [-0.05, 0) is 31.5 Å². The van der Waals surface area contributed by atoms with Crippen LogP contribution in [0.4, 0.5) is 0 Å². The third-order valence-corrected chi connectivity index (χ3v) is 3.56. The van der Waals surface area contributed by atoms with Gasteiger partial charge in [0.05, 0.1) is 11.7 Å². The Bertz CT molecular complexity index is 506. The van der Waals surface area contributed by atoms with E-state index in [1.807, 2.05) is 10.7 Å². The number of fused-ring (bicyclic) bond motifs is 1. The third kappa shape index (κ3) is 2.02. The van der Waals surface area contributed by atoms with Crippen LogP contribution in [-0.2, 0) is 6.54 Å². The highest BCUT2D eigenvalue weighted by Crippen LogP contribution is 2.19. The zero-order valence-electron chi connectivity index (χ0n) is 10.1. The standard InChI is InChI=1S/C12H17N5/c1-2-16-6-4-10(8-16)9-17-12-3-5-13-7-11(12)14-15-17/h3,5,7,10H,2,4,6,8-9H2,1H3. The van der Waals surface area contributed by atoms with Crippen LogP contribution in [0.3, 0.4) is 0 Å². The molecular formula is C12H17N5. The smallest absolute Gasteiger partial charge is 0.131 e. The van der Waals surface area contributed by atoms with Crippen molar-refractivity contribution in [2.24, 2.45) is 5.92 Å². The second kappa shape index (κ2) is 4.41. The van der Waals surface area contributed by atoms with Crippen LogP contribution in [0.25, 0.3) is 11.0 Å². The molecule has 3 rings (SSSR count). The summed E-state index contributed by atoms with van der Waals surface area (Å²) in [7, 11) is 0. The highest BCUT2D eigenvalue weighted by Gasteiger charge is 2.22. The van der Waals surface area contributed by atoms with Crippen LogP contribution < -0.4 is 0 Å². The van der Waals surface area contributed by atoms with Gasteiger partial charge in [0.2, 0.25) is 0 Å². The quantitative estimate of drug-likeness (QED) is 0.795. The molecule has 1 unspecified atom stereocenters. The summed E-state index contributed by atoms with van der Waals surface area (Å²) < 4.78 is 2.01. The van der Waals surface area contributed by atoms with Crippen molar-refractivity contribution in [3.63, 3.8) is 0 Å². The minimum absolute atomic E-state index is 0.702. The van der Waals surface area contributed by atoms with Crippen LogP contribution in [-0.4, -0.2) is 44.5 Å². The molecule has 0 saturated carbocycles. The van der Waals surface area contributed by atoms with Gasteiger partial charge in [-0.15, -0.1) is 5.10 Å². The Morgan fingerprint density at radius 1 is 1.47 bits per heavy atom. The van der Waals surface area contributed by atoms with Crippen molar-refractivity contribution >= 4 is 11.0 Å². The molecule has 5 nitrogen and oxygen atoms in total. The molecule has 0 aliphatic carbocycles. The maximum absolute atomic E-state index is 4.22. The first-order valence-electron chi connectivity index (χ1n) is 6.22. The molecule has 1 fully saturated rings. The topological polar surface area (TPSA) is 46.8 Å². The summed E-state index contributed by atoms with van der Waals surface area (Å²) in [6.07, 6.45) is 4.83. The molecule has 1 aliphatic rings. The Kier molecular flexibility index (Phi) is 2.76. The van der Waals surface area contributed by atoms with E-state index in [2.05, 4.69) is 27.1 Å². The van der Waals surface area contributed by atoms with Gasteiger partial charge in [-0.25, -0.2) is 4.68 Å². The van der Waals surface area contributed by atoms with Crippen LogP contribution in [0.2, 0.25) is 0 Å². The Hall–Kier alpha value is -1.49. The summed E-state index contributed by atoms with van der Waals surface area (Å²) in [5.41, 5.74) is 1.98. The van der Waals surface area contributed by atoms with Crippen LogP contribution in [0.5, 0.6) is 0 Å². The second-order valence-electron chi connectivity index (χ2n) is 4.68. The van der Waals surface area contributed by atoms with E-state index in [9.17, 15) is 0 Å². The van der Waals surface area contributed by atoms with Gasteiger partial charge in [-0.3, -0.25) is 4.98 Å². The zero-order chi connectivity index (χ0) is 11.7. The van der Waals surface area contributed by atoms with Crippen LogP contribution in [0.1, 0.15) is 13.3 Å². The lowest BCUT2D eigenvalue weighted by Crippen LogP contribution is -2.21. The molecular weight excluding hydrogens is 214 g/mol. The van der Waals surface area contributed by atoms with E-state index in [0.717, 1.165) is 24.1 Å².